The van der Waals surface area contributed by atoms with E-state index in [1.807, 2.05) is 6.92 Å². The van der Waals surface area contributed by atoms with Crippen molar-refractivity contribution < 1.29 is 13.9 Å². The summed E-state index contributed by atoms with van der Waals surface area (Å²) in [5.41, 5.74) is 6.51. The van der Waals surface area contributed by atoms with Crippen LogP contribution in [0.1, 0.15) is 37.8 Å². The number of rotatable bonds is 4. The molecule has 0 amide bonds. The predicted molar refractivity (Wildman–Crippen MR) is 68.1 cm³/mol. The SMILES string of the molecule is C[C@H](N)c1cc(F)ccc1OCC1CCCCO1. The average Bonchev–Trinajstić information content (AvgIpc) is 2.38. The number of ether oxygens (including phenoxy) is 2. The van der Waals surface area contributed by atoms with Crippen LogP contribution in [0, 0.1) is 5.82 Å². The summed E-state index contributed by atoms with van der Waals surface area (Å²) in [5, 5.41) is 0. The predicted octanol–water partition coefficient (Wildman–Crippen LogP) is 2.79. The van der Waals surface area contributed by atoms with Crippen LogP contribution in [0.2, 0.25) is 0 Å². The van der Waals surface area contributed by atoms with Gasteiger partial charge in [0.1, 0.15) is 18.2 Å². The van der Waals surface area contributed by atoms with Gasteiger partial charge in [-0.3, -0.25) is 0 Å². The Morgan fingerprint density at radius 1 is 1.50 bits per heavy atom. The second-order valence-corrected chi connectivity index (χ2v) is 4.77. The molecular formula is C14H20FNO2. The van der Waals surface area contributed by atoms with Gasteiger partial charge in [0.25, 0.3) is 0 Å². The van der Waals surface area contributed by atoms with Gasteiger partial charge in [-0.05, 0) is 44.4 Å². The van der Waals surface area contributed by atoms with Crippen LogP contribution in [0.25, 0.3) is 0 Å². The molecule has 1 aromatic carbocycles. The first-order valence-electron chi connectivity index (χ1n) is 6.46. The second kappa shape index (κ2) is 6.16. The van der Waals surface area contributed by atoms with Crippen LogP contribution >= 0.6 is 0 Å². The highest BCUT2D eigenvalue weighted by molar-refractivity contribution is 5.36. The van der Waals surface area contributed by atoms with E-state index in [0.717, 1.165) is 19.4 Å². The third kappa shape index (κ3) is 3.43. The van der Waals surface area contributed by atoms with Crippen LogP contribution in [-0.4, -0.2) is 19.3 Å². The average molecular weight is 253 g/mol. The fourth-order valence-electron chi connectivity index (χ4n) is 2.13. The lowest BCUT2D eigenvalue weighted by Crippen LogP contribution is -2.26. The lowest BCUT2D eigenvalue weighted by Gasteiger charge is -2.23. The number of benzene rings is 1. The molecule has 18 heavy (non-hydrogen) atoms. The molecule has 1 aromatic rings. The fraction of sp³-hybridized carbons (Fsp3) is 0.571. The zero-order valence-electron chi connectivity index (χ0n) is 10.7. The van der Waals surface area contributed by atoms with Crippen molar-refractivity contribution in [3.8, 4) is 5.75 Å². The zero-order valence-corrected chi connectivity index (χ0v) is 10.7. The molecule has 1 aliphatic heterocycles. The smallest absolute Gasteiger partial charge is 0.124 e. The van der Waals surface area contributed by atoms with E-state index in [1.54, 1.807) is 6.07 Å². The molecule has 3 nitrogen and oxygen atoms in total. The summed E-state index contributed by atoms with van der Waals surface area (Å²) in [7, 11) is 0. The Balaban J connectivity index is 1.99. The van der Waals surface area contributed by atoms with Gasteiger partial charge >= 0.3 is 0 Å². The summed E-state index contributed by atoms with van der Waals surface area (Å²) in [4.78, 5) is 0. The van der Waals surface area contributed by atoms with E-state index in [-0.39, 0.29) is 18.0 Å². The molecule has 0 saturated carbocycles. The van der Waals surface area contributed by atoms with Gasteiger partial charge in [0.15, 0.2) is 0 Å². The molecule has 0 radical (unpaired) electrons. The van der Waals surface area contributed by atoms with Crippen molar-refractivity contribution in [2.24, 2.45) is 5.73 Å². The van der Waals surface area contributed by atoms with Crippen molar-refractivity contribution in [2.75, 3.05) is 13.2 Å². The molecule has 0 bridgehead atoms. The molecule has 1 heterocycles. The monoisotopic (exact) mass is 253 g/mol. The van der Waals surface area contributed by atoms with Crippen LogP contribution in [0.4, 0.5) is 4.39 Å². The lowest BCUT2D eigenvalue weighted by molar-refractivity contribution is -0.0113. The van der Waals surface area contributed by atoms with E-state index in [4.69, 9.17) is 15.2 Å². The van der Waals surface area contributed by atoms with Gasteiger partial charge in [-0.15, -0.1) is 0 Å². The molecule has 1 fully saturated rings. The number of hydrogen-bond acceptors (Lipinski definition) is 3. The maximum absolute atomic E-state index is 13.2. The molecule has 2 rings (SSSR count). The van der Waals surface area contributed by atoms with Crippen molar-refractivity contribution in [2.45, 2.75) is 38.3 Å². The van der Waals surface area contributed by atoms with Crippen molar-refractivity contribution in [1.82, 2.24) is 0 Å². The van der Waals surface area contributed by atoms with Crippen LogP contribution in [-0.2, 0) is 4.74 Å². The highest BCUT2D eigenvalue weighted by atomic mass is 19.1. The maximum atomic E-state index is 13.2. The van der Waals surface area contributed by atoms with Crippen molar-refractivity contribution >= 4 is 0 Å². The summed E-state index contributed by atoms with van der Waals surface area (Å²) in [6.45, 7) is 3.13. The first-order chi connectivity index (χ1) is 8.66. The molecule has 4 heteroatoms. The molecule has 1 saturated heterocycles. The standard InChI is InChI=1S/C14H20FNO2/c1-10(16)13-8-11(15)5-6-14(13)18-9-12-4-2-3-7-17-12/h5-6,8,10,12H,2-4,7,9,16H2,1H3/t10-,12?/m0/s1. The minimum Gasteiger partial charge on any atom is -0.491 e. The highest BCUT2D eigenvalue weighted by Crippen LogP contribution is 2.25. The van der Waals surface area contributed by atoms with Crippen LogP contribution in [0.15, 0.2) is 18.2 Å². The van der Waals surface area contributed by atoms with Crippen LogP contribution in [0.3, 0.4) is 0 Å². The van der Waals surface area contributed by atoms with Gasteiger partial charge in [0.2, 0.25) is 0 Å². The second-order valence-electron chi connectivity index (χ2n) is 4.77. The van der Waals surface area contributed by atoms with E-state index >= 15 is 0 Å². The lowest BCUT2D eigenvalue weighted by atomic mass is 10.1. The van der Waals surface area contributed by atoms with E-state index < -0.39 is 0 Å². The third-order valence-electron chi connectivity index (χ3n) is 3.16. The molecule has 0 spiro atoms. The van der Waals surface area contributed by atoms with Gasteiger partial charge in [-0.2, -0.15) is 0 Å². The van der Waals surface area contributed by atoms with Crippen molar-refractivity contribution in [3.63, 3.8) is 0 Å². The van der Waals surface area contributed by atoms with E-state index in [0.29, 0.717) is 17.9 Å². The van der Waals surface area contributed by atoms with Crippen molar-refractivity contribution in [1.29, 1.82) is 0 Å². The first-order valence-corrected chi connectivity index (χ1v) is 6.46. The van der Waals surface area contributed by atoms with E-state index in [9.17, 15) is 4.39 Å². The minimum atomic E-state index is -0.288. The Hall–Kier alpha value is -1.13. The number of hydrogen-bond donors (Lipinski definition) is 1. The molecule has 2 N–H and O–H groups in total. The summed E-state index contributed by atoms with van der Waals surface area (Å²) >= 11 is 0. The molecule has 0 aliphatic carbocycles. The summed E-state index contributed by atoms with van der Waals surface area (Å²) in [6.07, 6.45) is 3.47. The fourth-order valence-corrected chi connectivity index (χ4v) is 2.13. The summed E-state index contributed by atoms with van der Waals surface area (Å²) < 4.78 is 24.5. The van der Waals surface area contributed by atoms with Gasteiger partial charge in [0.05, 0.1) is 6.10 Å². The van der Waals surface area contributed by atoms with Gasteiger partial charge < -0.3 is 15.2 Å². The summed E-state index contributed by atoms with van der Waals surface area (Å²) in [5.74, 6) is 0.365. The van der Waals surface area contributed by atoms with E-state index in [1.165, 1.54) is 18.6 Å². The Bertz CT molecular complexity index is 389. The van der Waals surface area contributed by atoms with Gasteiger partial charge in [-0.1, -0.05) is 0 Å². The number of halogens is 1. The zero-order chi connectivity index (χ0) is 13.0. The quantitative estimate of drug-likeness (QED) is 0.897. The molecular weight excluding hydrogens is 233 g/mol. The Labute approximate surface area is 107 Å². The minimum absolute atomic E-state index is 0.143. The van der Waals surface area contributed by atoms with Crippen LogP contribution < -0.4 is 10.5 Å². The Morgan fingerprint density at radius 2 is 2.33 bits per heavy atom. The summed E-state index contributed by atoms with van der Waals surface area (Å²) in [6, 6.07) is 4.21. The van der Waals surface area contributed by atoms with E-state index in [2.05, 4.69) is 0 Å². The highest BCUT2D eigenvalue weighted by Gasteiger charge is 2.16. The topological polar surface area (TPSA) is 44.5 Å². The van der Waals surface area contributed by atoms with Gasteiger partial charge in [0, 0.05) is 18.2 Å². The molecule has 100 valence electrons. The Morgan fingerprint density at radius 3 is 3.00 bits per heavy atom. The normalized spacial score (nSPS) is 21.6. The Kier molecular flexibility index (Phi) is 4.55. The molecule has 1 unspecified atom stereocenters. The molecule has 1 aliphatic rings. The maximum Gasteiger partial charge on any atom is 0.124 e. The molecule has 0 aromatic heterocycles. The van der Waals surface area contributed by atoms with Crippen LogP contribution in [0.5, 0.6) is 5.75 Å². The van der Waals surface area contributed by atoms with Gasteiger partial charge in [-0.25, -0.2) is 4.39 Å². The largest absolute Gasteiger partial charge is 0.491 e. The van der Waals surface area contributed by atoms with Crippen molar-refractivity contribution in [3.05, 3.63) is 29.6 Å². The first kappa shape index (κ1) is 13.3. The third-order valence-corrected chi connectivity index (χ3v) is 3.16. The number of nitrogens with two attached hydrogens (primary N) is 1. The molecule has 2 atom stereocenters.